The minimum atomic E-state index is -0.405. The lowest BCUT2D eigenvalue weighted by molar-refractivity contribution is -0.120. The van der Waals surface area contributed by atoms with E-state index in [1.165, 1.54) is 0 Å². The molecule has 0 bridgehead atoms. The molecule has 0 unspecified atom stereocenters. The summed E-state index contributed by atoms with van der Waals surface area (Å²) in [5.41, 5.74) is 2.87. The van der Waals surface area contributed by atoms with E-state index in [1.807, 2.05) is 42.6 Å². The summed E-state index contributed by atoms with van der Waals surface area (Å²) < 4.78 is 5.49. The number of nitrogens with one attached hydrogen (secondary N) is 3. The van der Waals surface area contributed by atoms with Gasteiger partial charge in [-0.2, -0.15) is 0 Å². The lowest BCUT2D eigenvalue weighted by Crippen LogP contribution is -2.37. The predicted octanol–water partition coefficient (Wildman–Crippen LogP) is 3.00. The Bertz CT molecular complexity index is 1080. The van der Waals surface area contributed by atoms with Crippen LogP contribution < -0.4 is 10.6 Å². The van der Waals surface area contributed by atoms with E-state index in [9.17, 15) is 9.59 Å². The lowest BCUT2D eigenvalue weighted by atomic mass is 10.1. The van der Waals surface area contributed by atoms with E-state index >= 15 is 0 Å². The van der Waals surface area contributed by atoms with Crippen LogP contribution in [0.3, 0.4) is 0 Å². The van der Waals surface area contributed by atoms with Gasteiger partial charge >= 0.3 is 0 Å². The molecule has 2 aromatic carbocycles. The van der Waals surface area contributed by atoms with Gasteiger partial charge in [0.2, 0.25) is 5.91 Å². The number of rotatable bonds is 6. The summed E-state index contributed by atoms with van der Waals surface area (Å²) in [6, 6.07) is 17.1. The molecule has 0 spiro atoms. The maximum Gasteiger partial charge on any atom is 0.287 e. The van der Waals surface area contributed by atoms with Gasteiger partial charge in [0, 0.05) is 29.0 Å². The van der Waals surface area contributed by atoms with Crippen molar-refractivity contribution in [1.29, 1.82) is 0 Å². The van der Waals surface area contributed by atoms with E-state index in [0.29, 0.717) is 18.5 Å². The number of amides is 2. The van der Waals surface area contributed by atoms with Crippen LogP contribution in [0.4, 0.5) is 0 Å². The second kappa shape index (κ2) is 7.37. The van der Waals surface area contributed by atoms with Crippen LogP contribution in [0.1, 0.15) is 16.1 Å². The Hall–Kier alpha value is -3.54. The fourth-order valence-corrected chi connectivity index (χ4v) is 3.08. The monoisotopic (exact) mass is 361 g/mol. The molecule has 0 aliphatic carbocycles. The van der Waals surface area contributed by atoms with Crippen molar-refractivity contribution in [2.75, 3.05) is 13.1 Å². The second-order valence-corrected chi connectivity index (χ2v) is 6.29. The molecule has 0 saturated carbocycles. The molecule has 0 saturated heterocycles. The maximum atomic E-state index is 12.1. The minimum absolute atomic E-state index is 0.0935. The van der Waals surface area contributed by atoms with Gasteiger partial charge in [0.25, 0.3) is 5.91 Å². The van der Waals surface area contributed by atoms with Crippen molar-refractivity contribution in [2.24, 2.45) is 0 Å². The van der Waals surface area contributed by atoms with Crippen molar-refractivity contribution in [2.45, 2.75) is 6.42 Å². The number of furan rings is 1. The molecular formula is C21H19N3O3. The molecule has 27 heavy (non-hydrogen) atoms. The molecule has 2 amide bonds. The number of fused-ring (bicyclic) bond motifs is 2. The molecule has 2 heterocycles. The Morgan fingerprint density at radius 2 is 1.81 bits per heavy atom. The number of benzene rings is 2. The highest BCUT2D eigenvalue weighted by Crippen LogP contribution is 2.19. The summed E-state index contributed by atoms with van der Waals surface area (Å²) >= 11 is 0. The third-order valence-electron chi connectivity index (χ3n) is 4.45. The highest BCUT2D eigenvalue weighted by Gasteiger charge is 2.13. The van der Waals surface area contributed by atoms with E-state index in [1.54, 1.807) is 12.1 Å². The summed E-state index contributed by atoms with van der Waals surface area (Å²) in [4.78, 5) is 27.3. The molecule has 3 N–H and O–H groups in total. The van der Waals surface area contributed by atoms with Crippen molar-refractivity contribution in [3.05, 3.63) is 72.1 Å². The van der Waals surface area contributed by atoms with Gasteiger partial charge in [-0.1, -0.05) is 36.4 Å². The van der Waals surface area contributed by atoms with Crippen molar-refractivity contribution in [1.82, 2.24) is 15.6 Å². The molecule has 6 nitrogen and oxygen atoms in total. The first-order valence-corrected chi connectivity index (χ1v) is 8.79. The number of hydrogen-bond acceptors (Lipinski definition) is 3. The SMILES string of the molecule is O=C(CNC(=O)c1cc2ccccc2o1)NCCc1c[nH]c2ccccc12. The molecule has 2 aromatic heterocycles. The molecule has 136 valence electrons. The topological polar surface area (TPSA) is 87.1 Å². The standard InChI is InChI=1S/C21H19N3O3/c25-20(22-10-9-15-12-23-17-7-3-2-6-16(15)17)13-24-21(26)19-11-14-5-1-4-8-18(14)27-19/h1-8,11-12,23H,9-10,13H2,(H,22,25)(H,24,26). The van der Waals surface area contributed by atoms with Crippen molar-refractivity contribution >= 4 is 33.7 Å². The van der Waals surface area contributed by atoms with Crippen LogP contribution in [0.15, 0.2) is 65.2 Å². The first kappa shape index (κ1) is 16.9. The van der Waals surface area contributed by atoms with E-state index in [2.05, 4.69) is 21.7 Å². The third-order valence-corrected chi connectivity index (χ3v) is 4.45. The first-order chi connectivity index (χ1) is 13.2. The number of aromatic amines is 1. The summed E-state index contributed by atoms with van der Waals surface area (Å²) in [5, 5.41) is 7.41. The zero-order chi connectivity index (χ0) is 18.6. The molecule has 0 fully saturated rings. The number of para-hydroxylation sites is 2. The Morgan fingerprint density at radius 1 is 1.00 bits per heavy atom. The largest absolute Gasteiger partial charge is 0.451 e. The quantitative estimate of drug-likeness (QED) is 0.493. The highest BCUT2D eigenvalue weighted by atomic mass is 16.3. The normalized spacial score (nSPS) is 11.0. The average Bonchev–Trinajstić information content (AvgIpc) is 3.30. The fraction of sp³-hybridized carbons (Fsp3) is 0.143. The molecule has 0 radical (unpaired) electrons. The van der Waals surface area contributed by atoms with Crippen LogP contribution in [-0.2, 0) is 11.2 Å². The van der Waals surface area contributed by atoms with Crippen LogP contribution in [0.25, 0.3) is 21.9 Å². The maximum absolute atomic E-state index is 12.1. The van der Waals surface area contributed by atoms with E-state index in [4.69, 9.17) is 4.42 Å². The lowest BCUT2D eigenvalue weighted by Gasteiger charge is -2.06. The van der Waals surface area contributed by atoms with Gasteiger partial charge in [-0.05, 0) is 30.2 Å². The van der Waals surface area contributed by atoms with Crippen LogP contribution in [0, 0.1) is 0 Å². The van der Waals surface area contributed by atoms with Crippen molar-refractivity contribution in [3.63, 3.8) is 0 Å². The van der Waals surface area contributed by atoms with Crippen molar-refractivity contribution in [3.8, 4) is 0 Å². The average molecular weight is 361 g/mol. The third kappa shape index (κ3) is 3.69. The van der Waals surface area contributed by atoms with E-state index < -0.39 is 5.91 Å². The van der Waals surface area contributed by atoms with Crippen LogP contribution in [0.2, 0.25) is 0 Å². The minimum Gasteiger partial charge on any atom is -0.451 e. The van der Waals surface area contributed by atoms with Crippen LogP contribution >= 0.6 is 0 Å². The number of carbonyl (C=O) groups excluding carboxylic acids is 2. The second-order valence-electron chi connectivity index (χ2n) is 6.29. The molecule has 4 aromatic rings. The number of carbonyl (C=O) groups is 2. The van der Waals surface area contributed by atoms with E-state index in [0.717, 1.165) is 21.9 Å². The van der Waals surface area contributed by atoms with Gasteiger partial charge in [-0.3, -0.25) is 9.59 Å². The zero-order valence-electron chi connectivity index (χ0n) is 14.6. The Balaban J connectivity index is 1.26. The Labute approximate surface area is 155 Å². The number of H-pyrrole nitrogens is 1. The van der Waals surface area contributed by atoms with Crippen molar-refractivity contribution < 1.29 is 14.0 Å². The number of hydrogen-bond donors (Lipinski definition) is 3. The Kier molecular flexibility index (Phi) is 4.61. The molecule has 0 aliphatic heterocycles. The molecular weight excluding hydrogens is 342 g/mol. The summed E-state index contributed by atoms with van der Waals surface area (Å²) in [6.45, 7) is 0.408. The van der Waals surface area contributed by atoms with Gasteiger partial charge in [0.05, 0.1) is 6.54 Å². The summed E-state index contributed by atoms with van der Waals surface area (Å²) in [5.74, 6) is -0.444. The number of aromatic nitrogens is 1. The Morgan fingerprint density at radius 3 is 2.70 bits per heavy atom. The molecule has 0 atom stereocenters. The van der Waals surface area contributed by atoms with E-state index in [-0.39, 0.29) is 18.2 Å². The molecule has 6 heteroatoms. The summed E-state index contributed by atoms with van der Waals surface area (Å²) in [7, 11) is 0. The fourth-order valence-electron chi connectivity index (χ4n) is 3.08. The smallest absolute Gasteiger partial charge is 0.287 e. The van der Waals surface area contributed by atoms with Gasteiger partial charge < -0.3 is 20.0 Å². The molecule has 0 aliphatic rings. The van der Waals surface area contributed by atoms with Gasteiger partial charge in [-0.15, -0.1) is 0 Å². The van der Waals surface area contributed by atoms with Gasteiger partial charge in [0.15, 0.2) is 5.76 Å². The van der Waals surface area contributed by atoms with Crippen LogP contribution in [-0.4, -0.2) is 29.9 Å². The first-order valence-electron chi connectivity index (χ1n) is 8.79. The summed E-state index contributed by atoms with van der Waals surface area (Å²) in [6.07, 6.45) is 2.67. The van der Waals surface area contributed by atoms with Gasteiger partial charge in [0.1, 0.15) is 5.58 Å². The zero-order valence-corrected chi connectivity index (χ0v) is 14.6. The van der Waals surface area contributed by atoms with Gasteiger partial charge in [-0.25, -0.2) is 0 Å². The van der Waals surface area contributed by atoms with Crippen LogP contribution in [0.5, 0.6) is 0 Å². The predicted molar refractivity (Wildman–Crippen MR) is 104 cm³/mol. The highest BCUT2D eigenvalue weighted by molar-refractivity contribution is 5.97. The molecule has 4 rings (SSSR count).